The van der Waals surface area contributed by atoms with E-state index in [2.05, 4.69) is 68.4 Å². The molecule has 4 heteroatoms. The molecule has 0 amide bonds. The van der Waals surface area contributed by atoms with Crippen LogP contribution in [0.3, 0.4) is 0 Å². The first-order valence-electron chi connectivity index (χ1n) is 8.62. The number of aromatic amines is 1. The van der Waals surface area contributed by atoms with Crippen molar-refractivity contribution < 1.29 is 0 Å². The maximum atomic E-state index is 5.70. The van der Waals surface area contributed by atoms with Gasteiger partial charge in [0.15, 0.2) is 0 Å². The number of fused-ring (bicyclic) bond motifs is 2. The lowest BCUT2D eigenvalue weighted by atomic mass is 9.98. The predicted octanol–water partition coefficient (Wildman–Crippen LogP) is 5.43. The van der Waals surface area contributed by atoms with Crippen molar-refractivity contribution in [2.45, 2.75) is 19.3 Å². The number of benzene rings is 2. The number of pyridine rings is 1. The number of rotatable bonds is 5. The number of hydrogen-bond donors (Lipinski definition) is 2. The summed E-state index contributed by atoms with van der Waals surface area (Å²) in [6.07, 6.45) is 4.99. The molecule has 0 atom stereocenters. The standard InChI is InChI=1S/C21H20BrN3/c22-14-9-10-20-18(13-14)17(5-1-2-11-23)21(25-20)16-6-3-8-19-15(16)7-4-12-24-19/h3-4,6-10,12-13,25H,1-2,5,11,23H2. The van der Waals surface area contributed by atoms with Crippen molar-refractivity contribution in [1.82, 2.24) is 9.97 Å². The van der Waals surface area contributed by atoms with Crippen LogP contribution in [0.5, 0.6) is 0 Å². The highest BCUT2D eigenvalue weighted by molar-refractivity contribution is 9.10. The summed E-state index contributed by atoms with van der Waals surface area (Å²) in [5, 5.41) is 2.46. The van der Waals surface area contributed by atoms with Gasteiger partial charge in [-0.1, -0.05) is 34.1 Å². The molecule has 3 N–H and O–H groups in total. The van der Waals surface area contributed by atoms with Crippen molar-refractivity contribution in [2.75, 3.05) is 6.54 Å². The minimum absolute atomic E-state index is 0.736. The minimum atomic E-state index is 0.736. The number of nitrogens with zero attached hydrogens (tertiary/aromatic N) is 1. The molecule has 0 radical (unpaired) electrons. The second kappa shape index (κ2) is 6.98. The van der Waals surface area contributed by atoms with E-state index in [0.29, 0.717) is 0 Å². The summed E-state index contributed by atoms with van der Waals surface area (Å²) in [6.45, 7) is 0.736. The Morgan fingerprint density at radius 3 is 2.80 bits per heavy atom. The van der Waals surface area contributed by atoms with E-state index in [-0.39, 0.29) is 0 Å². The van der Waals surface area contributed by atoms with Gasteiger partial charge in [0, 0.05) is 32.5 Å². The van der Waals surface area contributed by atoms with Crippen LogP contribution in [0.1, 0.15) is 18.4 Å². The lowest BCUT2D eigenvalue weighted by Crippen LogP contribution is -1.99. The number of hydrogen-bond acceptors (Lipinski definition) is 2. The van der Waals surface area contributed by atoms with Crippen molar-refractivity contribution in [3.05, 3.63) is 64.8 Å². The van der Waals surface area contributed by atoms with E-state index in [0.717, 1.165) is 35.8 Å². The Morgan fingerprint density at radius 1 is 1.00 bits per heavy atom. The third-order valence-electron chi connectivity index (χ3n) is 4.66. The van der Waals surface area contributed by atoms with E-state index < -0.39 is 0 Å². The van der Waals surface area contributed by atoms with Gasteiger partial charge in [-0.2, -0.15) is 0 Å². The lowest BCUT2D eigenvalue weighted by Gasteiger charge is -2.08. The van der Waals surface area contributed by atoms with Crippen molar-refractivity contribution in [3.63, 3.8) is 0 Å². The van der Waals surface area contributed by atoms with Crippen LogP contribution in [0.15, 0.2) is 59.2 Å². The maximum absolute atomic E-state index is 5.70. The lowest BCUT2D eigenvalue weighted by molar-refractivity contribution is 0.748. The van der Waals surface area contributed by atoms with Crippen LogP contribution in [-0.4, -0.2) is 16.5 Å². The molecule has 0 spiro atoms. The highest BCUT2D eigenvalue weighted by Crippen LogP contribution is 2.36. The smallest absolute Gasteiger partial charge is 0.0708 e. The number of halogens is 1. The van der Waals surface area contributed by atoms with Gasteiger partial charge in [-0.05, 0) is 61.7 Å². The fourth-order valence-electron chi connectivity index (χ4n) is 3.48. The van der Waals surface area contributed by atoms with Gasteiger partial charge in [0.1, 0.15) is 0 Å². The molecule has 2 aromatic heterocycles. The molecule has 0 aliphatic carbocycles. The predicted molar refractivity (Wildman–Crippen MR) is 109 cm³/mol. The summed E-state index contributed by atoms with van der Waals surface area (Å²) in [5.74, 6) is 0. The van der Waals surface area contributed by atoms with Crippen LogP contribution in [0, 0.1) is 0 Å². The van der Waals surface area contributed by atoms with Gasteiger partial charge in [0.05, 0.1) is 11.2 Å². The summed E-state index contributed by atoms with van der Waals surface area (Å²) in [5.41, 5.74) is 11.7. The first-order chi connectivity index (χ1) is 12.3. The summed E-state index contributed by atoms with van der Waals surface area (Å²) < 4.78 is 1.10. The molecule has 0 unspecified atom stereocenters. The summed E-state index contributed by atoms with van der Waals surface area (Å²) in [6, 6.07) is 16.9. The second-order valence-corrected chi connectivity index (χ2v) is 7.21. The van der Waals surface area contributed by atoms with Gasteiger partial charge in [-0.3, -0.25) is 4.98 Å². The van der Waals surface area contributed by atoms with E-state index >= 15 is 0 Å². The number of nitrogens with one attached hydrogen (secondary N) is 1. The Labute approximate surface area is 155 Å². The zero-order valence-corrected chi connectivity index (χ0v) is 15.5. The van der Waals surface area contributed by atoms with Gasteiger partial charge in [0.2, 0.25) is 0 Å². The average Bonchev–Trinajstić information content (AvgIpc) is 2.99. The van der Waals surface area contributed by atoms with Gasteiger partial charge in [0.25, 0.3) is 0 Å². The fraction of sp³-hybridized carbons (Fsp3) is 0.190. The molecule has 0 saturated heterocycles. The Kier molecular flexibility index (Phi) is 4.55. The SMILES string of the molecule is NCCCCc1c(-c2cccc3ncccc23)[nH]c2ccc(Br)cc12. The van der Waals surface area contributed by atoms with E-state index in [1.54, 1.807) is 0 Å². The molecule has 2 heterocycles. The third-order valence-corrected chi connectivity index (χ3v) is 5.16. The second-order valence-electron chi connectivity index (χ2n) is 6.29. The van der Waals surface area contributed by atoms with Crippen molar-refractivity contribution in [3.8, 4) is 11.3 Å². The molecule has 126 valence electrons. The normalized spacial score (nSPS) is 11.4. The molecule has 4 aromatic rings. The van der Waals surface area contributed by atoms with Gasteiger partial charge >= 0.3 is 0 Å². The van der Waals surface area contributed by atoms with Crippen LogP contribution in [-0.2, 0) is 6.42 Å². The number of H-pyrrole nitrogens is 1. The van der Waals surface area contributed by atoms with E-state index in [9.17, 15) is 0 Å². The number of unbranched alkanes of at least 4 members (excludes halogenated alkanes) is 1. The first kappa shape index (κ1) is 16.3. The van der Waals surface area contributed by atoms with Crippen molar-refractivity contribution in [1.29, 1.82) is 0 Å². The van der Waals surface area contributed by atoms with Crippen molar-refractivity contribution >= 4 is 37.7 Å². The monoisotopic (exact) mass is 393 g/mol. The molecular weight excluding hydrogens is 374 g/mol. The maximum Gasteiger partial charge on any atom is 0.0708 e. The molecule has 0 aliphatic heterocycles. The van der Waals surface area contributed by atoms with E-state index in [1.165, 1.54) is 33.1 Å². The van der Waals surface area contributed by atoms with Gasteiger partial charge in [-0.25, -0.2) is 0 Å². The molecule has 0 saturated carbocycles. The van der Waals surface area contributed by atoms with Gasteiger partial charge < -0.3 is 10.7 Å². The molecule has 4 rings (SSSR count). The molecule has 0 aliphatic rings. The quantitative estimate of drug-likeness (QED) is 0.444. The molecule has 0 bridgehead atoms. The van der Waals surface area contributed by atoms with Crippen LogP contribution >= 0.6 is 15.9 Å². The Hall–Kier alpha value is -2.17. The third kappa shape index (κ3) is 3.08. The highest BCUT2D eigenvalue weighted by Gasteiger charge is 2.15. The summed E-state index contributed by atoms with van der Waals surface area (Å²) in [7, 11) is 0. The molecule has 25 heavy (non-hydrogen) atoms. The van der Waals surface area contributed by atoms with Crippen LogP contribution < -0.4 is 5.73 Å². The highest BCUT2D eigenvalue weighted by atomic mass is 79.9. The fourth-order valence-corrected chi connectivity index (χ4v) is 3.84. The molecule has 2 aromatic carbocycles. The number of aryl methyl sites for hydroxylation is 1. The average molecular weight is 394 g/mol. The zero-order valence-electron chi connectivity index (χ0n) is 13.9. The Morgan fingerprint density at radius 2 is 1.92 bits per heavy atom. The molecule has 3 nitrogen and oxygen atoms in total. The topological polar surface area (TPSA) is 54.7 Å². The van der Waals surface area contributed by atoms with Gasteiger partial charge in [-0.15, -0.1) is 0 Å². The molecule has 0 fully saturated rings. The van der Waals surface area contributed by atoms with Crippen LogP contribution in [0.25, 0.3) is 33.1 Å². The van der Waals surface area contributed by atoms with E-state index in [1.807, 2.05) is 12.3 Å². The number of nitrogens with two attached hydrogens (primary N) is 1. The van der Waals surface area contributed by atoms with Crippen molar-refractivity contribution in [2.24, 2.45) is 5.73 Å². The van der Waals surface area contributed by atoms with E-state index in [4.69, 9.17) is 5.73 Å². The zero-order chi connectivity index (χ0) is 17.2. The molecular formula is C21H20BrN3. The summed E-state index contributed by atoms with van der Waals surface area (Å²) >= 11 is 3.61. The minimum Gasteiger partial charge on any atom is -0.354 e. The number of aromatic nitrogens is 2. The Bertz CT molecular complexity index is 1030. The Balaban J connectivity index is 1.94. The summed E-state index contributed by atoms with van der Waals surface area (Å²) in [4.78, 5) is 8.15. The van der Waals surface area contributed by atoms with Crippen LogP contribution in [0.2, 0.25) is 0 Å². The largest absolute Gasteiger partial charge is 0.354 e. The first-order valence-corrected chi connectivity index (χ1v) is 9.41. The van der Waals surface area contributed by atoms with Crippen LogP contribution in [0.4, 0.5) is 0 Å².